The summed E-state index contributed by atoms with van der Waals surface area (Å²) < 4.78 is 0. The van der Waals surface area contributed by atoms with Crippen LogP contribution in [0.4, 0.5) is 0 Å². The molecule has 1 heterocycles. The number of Topliss-reactive ketones (excluding diaryl/α,β-unsaturated/α-hetero) is 1. The Balaban J connectivity index is 2.43. The standard InChI is InChI=1S/C8H10OS2/c1-2-10-6-8(9)7-3-4-11-5-7/h3-5H,2,6H2,1H3. The van der Waals surface area contributed by atoms with Crippen molar-refractivity contribution in [2.75, 3.05) is 11.5 Å². The van der Waals surface area contributed by atoms with Crippen molar-refractivity contribution in [2.45, 2.75) is 6.92 Å². The molecular formula is C8H10OS2. The van der Waals surface area contributed by atoms with Gasteiger partial charge in [-0.15, -0.1) is 0 Å². The highest BCUT2D eigenvalue weighted by Crippen LogP contribution is 2.10. The molecule has 0 aliphatic rings. The van der Waals surface area contributed by atoms with Crippen molar-refractivity contribution in [1.82, 2.24) is 0 Å². The van der Waals surface area contributed by atoms with Gasteiger partial charge in [0, 0.05) is 10.9 Å². The molecule has 0 saturated carbocycles. The Kier molecular flexibility index (Phi) is 3.66. The topological polar surface area (TPSA) is 17.1 Å². The zero-order valence-corrected chi connectivity index (χ0v) is 8.00. The molecule has 1 rings (SSSR count). The second kappa shape index (κ2) is 4.57. The number of thioether (sulfide) groups is 1. The Morgan fingerprint density at radius 1 is 1.73 bits per heavy atom. The van der Waals surface area contributed by atoms with Crippen molar-refractivity contribution < 1.29 is 4.79 Å². The molecule has 0 aliphatic heterocycles. The number of hydrogen-bond donors (Lipinski definition) is 0. The van der Waals surface area contributed by atoms with Gasteiger partial charge >= 0.3 is 0 Å². The summed E-state index contributed by atoms with van der Waals surface area (Å²) >= 11 is 3.24. The molecule has 0 saturated heterocycles. The first-order chi connectivity index (χ1) is 5.34. The second-order valence-electron chi connectivity index (χ2n) is 2.07. The van der Waals surface area contributed by atoms with E-state index in [1.54, 1.807) is 23.1 Å². The highest BCUT2D eigenvalue weighted by atomic mass is 32.2. The normalized spacial score (nSPS) is 9.91. The maximum atomic E-state index is 11.3. The Morgan fingerprint density at radius 3 is 3.09 bits per heavy atom. The van der Waals surface area contributed by atoms with Crippen molar-refractivity contribution in [3.63, 3.8) is 0 Å². The van der Waals surface area contributed by atoms with E-state index in [-0.39, 0.29) is 5.78 Å². The van der Waals surface area contributed by atoms with Gasteiger partial charge < -0.3 is 0 Å². The van der Waals surface area contributed by atoms with Crippen LogP contribution in [0.5, 0.6) is 0 Å². The van der Waals surface area contributed by atoms with E-state index < -0.39 is 0 Å². The lowest BCUT2D eigenvalue weighted by atomic mass is 10.2. The first-order valence-electron chi connectivity index (χ1n) is 3.47. The van der Waals surface area contributed by atoms with Crippen LogP contribution >= 0.6 is 23.1 Å². The average molecular weight is 186 g/mol. The highest BCUT2D eigenvalue weighted by Gasteiger charge is 2.03. The van der Waals surface area contributed by atoms with E-state index >= 15 is 0 Å². The third kappa shape index (κ3) is 2.67. The fraction of sp³-hybridized carbons (Fsp3) is 0.375. The molecule has 1 aromatic heterocycles. The molecule has 0 aliphatic carbocycles. The van der Waals surface area contributed by atoms with E-state index in [1.807, 2.05) is 16.8 Å². The Bertz CT molecular complexity index is 216. The monoisotopic (exact) mass is 186 g/mol. The molecule has 0 bridgehead atoms. The highest BCUT2D eigenvalue weighted by molar-refractivity contribution is 7.99. The lowest BCUT2D eigenvalue weighted by molar-refractivity contribution is 0.102. The van der Waals surface area contributed by atoms with Gasteiger partial charge in [-0.2, -0.15) is 23.1 Å². The molecule has 0 atom stereocenters. The second-order valence-corrected chi connectivity index (χ2v) is 4.13. The fourth-order valence-electron chi connectivity index (χ4n) is 0.701. The van der Waals surface area contributed by atoms with E-state index in [2.05, 4.69) is 6.92 Å². The van der Waals surface area contributed by atoms with Gasteiger partial charge in [0.15, 0.2) is 5.78 Å². The molecule has 0 radical (unpaired) electrons. The number of thiophene rings is 1. The Hall–Kier alpha value is -0.280. The Morgan fingerprint density at radius 2 is 2.55 bits per heavy atom. The molecule has 0 amide bonds. The summed E-state index contributed by atoms with van der Waals surface area (Å²) in [7, 11) is 0. The van der Waals surface area contributed by atoms with Crippen LogP contribution < -0.4 is 0 Å². The molecule has 3 heteroatoms. The summed E-state index contributed by atoms with van der Waals surface area (Å²) in [5.41, 5.74) is 0.857. The van der Waals surface area contributed by atoms with Crippen LogP contribution in [0, 0.1) is 0 Å². The largest absolute Gasteiger partial charge is 0.293 e. The number of ketones is 1. The molecule has 60 valence electrons. The van der Waals surface area contributed by atoms with E-state index in [4.69, 9.17) is 0 Å². The lowest BCUT2D eigenvalue weighted by Crippen LogP contribution is -2.00. The Labute approximate surface area is 74.8 Å². The van der Waals surface area contributed by atoms with E-state index in [1.165, 1.54) is 0 Å². The smallest absolute Gasteiger partial charge is 0.173 e. The van der Waals surface area contributed by atoms with Crippen LogP contribution in [0.25, 0.3) is 0 Å². The quantitative estimate of drug-likeness (QED) is 0.672. The van der Waals surface area contributed by atoms with Gasteiger partial charge in [0.1, 0.15) is 0 Å². The average Bonchev–Trinajstić information content (AvgIpc) is 2.52. The summed E-state index contributed by atoms with van der Waals surface area (Å²) in [6.07, 6.45) is 0. The maximum absolute atomic E-state index is 11.3. The molecule has 0 aromatic carbocycles. The molecular weight excluding hydrogens is 176 g/mol. The molecule has 0 N–H and O–H groups in total. The maximum Gasteiger partial charge on any atom is 0.173 e. The minimum absolute atomic E-state index is 0.248. The SMILES string of the molecule is CCSCC(=O)c1ccsc1. The summed E-state index contributed by atoms with van der Waals surface area (Å²) in [5.74, 6) is 1.88. The van der Waals surface area contributed by atoms with Gasteiger partial charge in [-0.1, -0.05) is 6.92 Å². The molecule has 0 unspecified atom stereocenters. The van der Waals surface area contributed by atoms with E-state index in [0.717, 1.165) is 11.3 Å². The summed E-state index contributed by atoms with van der Waals surface area (Å²) in [6, 6.07) is 1.88. The number of rotatable bonds is 4. The van der Waals surface area contributed by atoms with Crippen LogP contribution in [-0.4, -0.2) is 17.3 Å². The number of carbonyl (C=O) groups excluding carboxylic acids is 1. The van der Waals surface area contributed by atoms with Crippen LogP contribution in [0.1, 0.15) is 17.3 Å². The zero-order valence-electron chi connectivity index (χ0n) is 6.37. The molecule has 1 aromatic rings. The van der Waals surface area contributed by atoms with Crippen LogP contribution in [0.2, 0.25) is 0 Å². The third-order valence-electron chi connectivity index (χ3n) is 1.28. The minimum atomic E-state index is 0.248. The molecule has 0 spiro atoms. The molecule has 11 heavy (non-hydrogen) atoms. The predicted octanol–water partition coefficient (Wildman–Crippen LogP) is 2.68. The molecule has 0 fully saturated rings. The van der Waals surface area contributed by atoms with Crippen LogP contribution in [0.15, 0.2) is 16.8 Å². The predicted molar refractivity (Wildman–Crippen MR) is 51.6 cm³/mol. The van der Waals surface area contributed by atoms with E-state index in [9.17, 15) is 4.79 Å². The van der Waals surface area contributed by atoms with Crippen LogP contribution in [0.3, 0.4) is 0 Å². The van der Waals surface area contributed by atoms with E-state index in [0.29, 0.717) is 5.75 Å². The zero-order chi connectivity index (χ0) is 8.10. The fourth-order valence-corrected chi connectivity index (χ4v) is 1.92. The van der Waals surface area contributed by atoms with Crippen molar-refractivity contribution in [2.24, 2.45) is 0 Å². The van der Waals surface area contributed by atoms with Crippen molar-refractivity contribution in [3.8, 4) is 0 Å². The first kappa shape index (κ1) is 8.81. The van der Waals surface area contributed by atoms with Crippen molar-refractivity contribution in [1.29, 1.82) is 0 Å². The van der Waals surface area contributed by atoms with Gasteiger partial charge in [0.2, 0.25) is 0 Å². The summed E-state index contributed by atoms with van der Waals surface area (Å²) in [4.78, 5) is 11.3. The van der Waals surface area contributed by atoms with Gasteiger partial charge in [-0.3, -0.25) is 4.79 Å². The first-order valence-corrected chi connectivity index (χ1v) is 5.57. The van der Waals surface area contributed by atoms with Crippen molar-refractivity contribution >= 4 is 28.9 Å². The third-order valence-corrected chi connectivity index (χ3v) is 2.84. The van der Waals surface area contributed by atoms with Crippen LogP contribution in [-0.2, 0) is 0 Å². The van der Waals surface area contributed by atoms with Crippen molar-refractivity contribution in [3.05, 3.63) is 22.4 Å². The van der Waals surface area contributed by atoms with Gasteiger partial charge in [0.25, 0.3) is 0 Å². The van der Waals surface area contributed by atoms with Gasteiger partial charge in [-0.05, 0) is 17.2 Å². The lowest BCUT2D eigenvalue weighted by Gasteiger charge is -1.94. The number of hydrogen-bond acceptors (Lipinski definition) is 3. The molecule has 1 nitrogen and oxygen atoms in total. The van der Waals surface area contributed by atoms with Gasteiger partial charge in [-0.25, -0.2) is 0 Å². The minimum Gasteiger partial charge on any atom is -0.293 e. The summed E-state index contributed by atoms with van der Waals surface area (Å²) in [5, 5.41) is 3.84. The van der Waals surface area contributed by atoms with Gasteiger partial charge in [0.05, 0.1) is 5.75 Å². The number of carbonyl (C=O) groups is 1. The summed E-state index contributed by atoms with van der Waals surface area (Å²) in [6.45, 7) is 2.06.